The lowest BCUT2D eigenvalue weighted by Gasteiger charge is -2.29. The number of hydrogen-bond donors (Lipinski definition) is 3. The number of methoxy groups -OCH3 is 2. The number of likely N-dealkylation sites (N-methyl/N-ethyl adjacent to an activating group) is 1. The molecule has 0 saturated heterocycles. The lowest BCUT2D eigenvalue weighted by molar-refractivity contribution is 0.212. The number of unbranched alkanes of at least 4 members (excludes halogenated alkanes) is 1. The lowest BCUT2D eigenvalue weighted by atomic mass is 9.96. The molecule has 1 aliphatic rings. The van der Waals surface area contributed by atoms with Gasteiger partial charge in [0.05, 0.1) is 37.6 Å². The Hall–Kier alpha value is -4.28. The van der Waals surface area contributed by atoms with Crippen LogP contribution in [0.2, 0.25) is 0 Å². The molecule has 0 saturated carbocycles. The Morgan fingerprint density at radius 1 is 1.02 bits per heavy atom. The van der Waals surface area contributed by atoms with Crippen LogP contribution in [0.5, 0.6) is 11.5 Å². The van der Waals surface area contributed by atoms with Crippen LogP contribution in [0, 0.1) is 0 Å². The van der Waals surface area contributed by atoms with Crippen molar-refractivity contribution in [1.29, 1.82) is 0 Å². The third kappa shape index (κ3) is 7.26. The molecule has 1 aromatic carbocycles. The van der Waals surface area contributed by atoms with Gasteiger partial charge < -0.3 is 30.1 Å². The predicted octanol–water partition coefficient (Wildman–Crippen LogP) is 5.79. The summed E-state index contributed by atoms with van der Waals surface area (Å²) in [4.78, 5) is 21.6. The van der Waals surface area contributed by atoms with Crippen LogP contribution in [0.25, 0.3) is 27.7 Å². The summed E-state index contributed by atoms with van der Waals surface area (Å²) in [6.45, 7) is 6.53. The molecule has 3 aromatic heterocycles. The van der Waals surface area contributed by atoms with E-state index in [4.69, 9.17) is 29.4 Å². The van der Waals surface area contributed by atoms with Crippen LogP contribution in [-0.4, -0.2) is 76.4 Å². The number of ether oxygens (including phenoxy) is 2. The third-order valence-electron chi connectivity index (χ3n) is 8.16. The molecule has 0 bridgehead atoms. The predicted molar refractivity (Wildman–Crippen MR) is 176 cm³/mol. The average Bonchev–Trinajstić information content (AvgIpc) is 3.06. The van der Waals surface area contributed by atoms with Gasteiger partial charge in [-0.2, -0.15) is 4.98 Å². The fourth-order valence-electron chi connectivity index (χ4n) is 5.31. The first-order chi connectivity index (χ1) is 21.3. The molecule has 3 N–H and O–H groups in total. The van der Waals surface area contributed by atoms with Gasteiger partial charge in [-0.25, -0.2) is 4.98 Å². The molecule has 4 heterocycles. The molecule has 0 fully saturated rings. The Bertz CT molecular complexity index is 1610. The second-order valence-electron chi connectivity index (χ2n) is 11.6. The SMILES string of the molecule is CCCCC(C)(CO)Nc1nc(NCc2ccc(OC)cc2OC)nc2cc(-c3ccc(C4=CCN(C)CC4)nc3)cnc12. The lowest BCUT2D eigenvalue weighted by Crippen LogP contribution is -2.39. The number of rotatable bonds is 13. The first-order valence-corrected chi connectivity index (χ1v) is 15.2. The number of nitrogens with zero attached hydrogens (tertiary/aromatic N) is 5. The quantitative estimate of drug-likeness (QED) is 0.175. The van der Waals surface area contributed by atoms with Gasteiger partial charge in [-0.15, -0.1) is 0 Å². The molecule has 10 heteroatoms. The van der Waals surface area contributed by atoms with Crippen molar-refractivity contribution >= 4 is 28.4 Å². The molecule has 4 aromatic rings. The van der Waals surface area contributed by atoms with E-state index in [2.05, 4.69) is 47.7 Å². The van der Waals surface area contributed by atoms with E-state index in [1.807, 2.05) is 43.6 Å². The summed E-state index contributed by atoms with van der Waals surface area (Å²) in [5, 5.41) is 17.2. The van der Waals surface area contributed by atoms with E-state index in [1.165, 1.54) is 5.57 Å². The van der Waals surface area contributed by atoms with Crippen molar-refractivity contribution in [2.45, 2.75) is 51.6 Å². The Balaban J connectivity index is 1.48. The largest absolute Gasteiger partial charge is 0.497 e. The number of pyridine rings is 2. The molecule has 1 unspecified atom stereocenters. The van der Waals surface area contributed by atoms with E-state index in [1.54, 1.807) is 14.2 Å². The maximum absolute atomic E-state index is 10.3. The van der Waals surface area contributed by atoms with Crippen LogP contribution < -0.4 is 20.1 Å². The Labute approximate surface area is 259 Å². The third-order valence-corrected chi connectivity index (χ3v) is 8.16. The minimum absolute atomic E-state index is 0.0346. The normalized spacial score (nSPS) is 15.0. The number of aliphatic hydroxyl groups is 1. The number of fused-ring (bicyclic) bond motifs is 1. The number of nitrogens with one attached hydrogen (secondary N) is 2. The van der Waals surface area contributed by atoms with Crippen molar-refractivity contribution in [1.82, 2.24) is 24.8 Å². The average molecular weight is 598 g/mol. The molecule has 232 valence electrons. The Morgan fingerprint density at radius 2 is 1.86 bits per heavy atom. The second kappa shape index (κ2) is 14.0. The minimum Gasteiger partial charge on any atom is -0.497 e. The molecule has 0 amide bonds. The van der Waals surface area contributed by atoms with Crippen LogP contribution in [0.4, 0.5) is 11.8 Å². The van der Waals surface area contributed by atoms with Crippen molar-refractivity contribution < 1.29 is 14.6 Å². The van der Waals surface area contributed by atoms with Gasteiger partial charge >= 0.3 is 0 Å². The highest BCUT2D eigenvalue weighted by Crippen LogP contribution is 2.31. The number of anilines is 2. The van der Waals surface area contributed by atoms with E-state index in [0.29, 0.717) is 35.1 Å². The zero-order valence-corrected chi connectivity index (χ0v) is 26.4. The molecule has 0 radical (unpaired) electrons. The number of hydrogen-bond acceptors (Lipinski definition) is 10. The van der Waals surface area contributed by atoms with Gasteiger partial charge in [0.2, 0.25) is 5.95 Å². The van der Waals surface area contributed by atoms with Crippen LogP contribution in [0.1, 0.15) is 50.8 Å². The first kappa shape index (κ1) is 31.2. The summed E-state index contributed by atoms with van der Waals surface area (Å²) < 4.78 is 10.9. The highest BCUT2D eigenvalue weighted by Gasteiger charge is 2.25. The van der Waals surface area contributed by atoms with Gasteiger partial charge in [0.15, 0.2) is 5.82 Å². The van der Waals surface area contributed by atoms with Crippen molar-refractivity contribution in [3.8, 4) is 22.6 Å². The minimum atomic E-state index is -0.559. The fourth-order valence-corrected chi connectivity index (χ4v) is 5.31. The van der Waals surface area contributed by atoms with Crippen LogP contribution in [0.15, 0.2) is 54.9 Å². The van der Waals surface area contributed by atoms with Crippen molar-refractivity contribution in [2.75, 3.05) is 51.6 Å². The number of aliphatic hydroxyl groups excluding tert-OH is 1. The van der Waals surface area contributed by atoms with E-state index in [0.717, 1.165) is 66.9 Å². The molecule has 1 atom stereocenters. The summed E-state index contributed by atoms with van der Waals surface area (Å²) in [5.74, 6) is 2.44. The van der Waals surface area contributed by atoms with E-state index < -0.39 is 5.54 Å². The van der Waals surface area contributed by atoms with Gasteiger partial charge in [-0.05, 0) is 56.7 Å². The first-order valence-electron chi connectivity index (χ1n) is 15.2. The zero-order chi connectivity index (χ0) is 31.1. The maximum atomic E-state index is 10.3. The summed E-state index contributed by atoms with van der Waals surface area (Å²) in [6.07, 6.45) is 9.78. The topological polar surface area (TPSA) is 118 Å². The molecule has 10 nitrogen and oxygen atoms in total. The highest BCUT2D eigenvalue weighted by molar-refractivity contribution is 5.89. The van der Waals surface area contributed by atoms with Crippen molar-refractivity contribution in [3.63, 3.8) is 0 Å². The van der Waals surface area contributed by atoms with Crippen molar-refractivity contribution in [2.24, 2.45) is 0 Å². The van der Waals surface area contributed by atoms with Gasteiger partial charge in [0, 0.05) is 54.8 Å². The molecule has 1 aliphatic heterocycles. The van der Waals surface area contributed by atoms with Crippen LogP contribution in [-0.2, 0) is 6.54 Å². The monoisotopic (exact) mass is 597 g/mol. The van der Waals surface area contributed by atoms with Gasteiger partial charge in [0.1, 0.15) is 17.0 Å². The van der Waals surface area contributed by atoms with E-state index in [-0.39, 0.29) is 6.61 Å². The van der Waals surface area contributed by atoms with E-state index in [9.17, 15) is 5.11 Å². The zero-order valence-electron chi connectivity index (χ0n) is 26.4. The maximum Gasteiger partial charge on any atom is 0.225 e. The molecular formula is C34H43N7O3. The van der Waals surface area contributed by atoms with Gasteiger partial charge in [-0.3, -0.25) is 9.97 Å². The standard InChI is InChI=1S/C34H43N7O3/c1-6-7-14-34(2,22-42)40-32-31-29(38-33(39-32)37-20-25-8-10-27(43-4)18-30(25)44-5)17-26(21-36-31)24-9-11-28(35-19-24)23-12-15-41(3)16-13-23/h8-12,17-19,21,42H,6-7,13-16,20,22H2,1-5H3,(H2,37,38,39,40). The number of aromatic nitrogens is 4. The van der Waals surface area contributed by atoms with Crippen LogP contribution in [0.3, 0.4) is 0 Å². The van der Waals surface area contributed by atoms with E-state index >= 15 is 0 Å². The molecule has 44 heavy (non-hydrogen) atoms. The Kier molecular flexibility index (Phi) is 9.92. The molecular weight excluding hydrogens is 554 g/mol. The summed E-state index contributed by atoms with van der Waals surface area (Å²) in [5.41, 5.74) is 5.88. The Morgan fingerprint density at radius 3 is 2.55 bits per heavy atom. The highest BCUT2D eigenvalue weighted by atomic mass is 16.5. The number of benzene rings is 1. The smallest absolute Gasteiger partial charge is 0.225 e. The molecule has 0 spiro atoms. The van der Waals surface area contributed by atoms with Gasteiger partial charge in [0.25, 0.3) is 0 Å². The van der Waals surface area contributed by atoms with Crippen LogP contribution >= 0.6 is 0 Å². The molecule has 0 aliphatic carbocycles. The summed E-state index contributed by atoms with van der Waals surface area (Å²) in [7, 11) is 5.40. The summed E-state index contributed by atoms with van der Waals surface area (Å²) >= 11 is 0. The molecule has 5 rings (SSSR count). The van der Waals surface area contributed by atoms with Gasteiger partial charge in [-0.1, -0.05) is 31.9 Å². The summed E-state index contributed by atoms with van der Waals surface area (Å²) in [6, 6.07) is 11.9. The van der Waals surface area contributed by atoms with Crippen molar-refractivity contribution in [3.05, 3.63) is 66.1 Å². The second-order valence-corrected chi connectivity index (χ2v) is 11.6. The fraction of sp³-hybridized carbons (Fsp3) is 0.412.